The number of fused-ring (bicyclic) bond motifs is 1. The average Bonchev–Trinajstić information content (AvgIpc) is 3.53. The topological polar surface area (TPSA) is 112 Å². The number of rotatable bonds is 5. The number of hydrogen-bond donors (Lipinski definition) is 1. The summed E-state index contributed by atoms with van der Waals surface area (Å²) >= 11 is 0. The number of nitrogens with zero attached hydrogens (tertiary/aromatic N) is 2. The number of sulfonamides is 1. The molecule has 5 rings (SSSR count). The van der Waals surface area contributed by atoms with Crippen LogP contribution in [0.2, 0.25) is 0 Å². The minimum absolute atomic E-state index is 0.0981. The van der Waals surface area contributed by atoms with Gasteiger partial charge in [-0.25, -0.2) is 13.2 Å². The first-order valence-electron chi connectivity index (χ1n) is 10.5. The Morgan fingerprint density at radius 1 is 1.06 bits per heavy atom. The van der Waals surface area contributed by atoms with E-state index in [-0.39, 0.29) is 23.1 Å². The minimum Gasteiger partial charge on any atom is -0.440 e. The summed E-state index contributed by atoms with van der Waals surface area (Å²) in [6.07, 6.45) is 3.60. The predicted molar refractivity (Wildman–Crippen MR) is 119 cm³/mol. The number of ether oxygens (including phenoxy) is 1. The van der Waals surface area contributed by atoms with Crippen molar-refractivity contribution in [2.45, 2.75) is 42.5 Å². The smallest absolute Gasteiger partial charge is 0.339 e. The molecule has 1 saturated heterocycles. The van der Waals surface area contributed by atoms with Gasteiger partial charge < -0.3 is 10.5 Å². The molecule has 0 bridgehead atoms. The second-order valence-electron chi connectivity index (χ2n) is 8.31. The average molecular weight is 454 g/mol. The van der Waals surface area contributed by atoms with E-state index in [1.165, 1.54) is 21.1 Å². The highest BCUT2D eigenvalue weighted by Crippen LogP contribution is 2.51. The van der Waals surface area contributed by atoms with Gasteiger partial charge in [-0.1, -0.05) is 24.3 Å². The van der Waals surface area contributed by atoms with Crippen molar-refractivity contribution < 1.29 is 17.9 Å². The third-order valence-electron chi connectivity index (χ3n) is 6.48. The molecule has 1 aliphatic heterocycles. The van der Waals surface area contributed by atoms with E-state index in [1.54, 1.807) is 48.5 Å². The van der Waals surface area contributed by atoms with E-state index < -0.39 is 27.1 Å². The summed E-state index contributed by atoms with van der Waals surface area (Å²) in [6.45, 7) is 0.107. The Balaban J connectivity index is 1.47. The SMILES string of the molecule is N[C@H]1CCN(S(=O)(=O)c2cccc3c(=O)n(COC(=O)c4ccccc4)ccc23)C12CC2. The van der Waals surface area contributed by atoms with Gasteiger partial charge in [0, 0.05) is 29.6 Å². The van der Waals surface area contributed by atoms with E-state index in [4.69, 9.17) is 10.5 Å². The first-order chi connectivity index (χ1) is 15.3. The molecule has 1 atom stereocenters. The van der Waals surface area contributed by atoms with Crippen LogP contribution in [0.15, 0.2) is 70.5 Å². The van der Waals surface area contributed by atoms with Crippen molar-refractivity contribution in [1.82, 2.24) is 8.87 Å². The van der Waals surface area contributed by atoms with Crippen molar-refractivity contribution in [3.63, 3.8) is 0 Å². The molecule has 2 fully saturated rings. The summed E-state index contributed by atoms with van der Waals surface area (Å²) in [5, 5.41) is 0.595. The fourth-order valence-electron chi connectivity index (χ4n) is 4.56. The van der Waals surface area contributed by atoms with Crippen molar-refractivity contribution in [3.05, 3.63) is 76.7 Å². The molecular formula is C23H23N3O5S. The van der Waals surface area contributed by atoms with Crippen LogP contribution in [0, 0.1) is 0 Å². The first-order valence-corrected chi connectivity index (χ1v) is 11.9. The fourth-order valence-corrected chi connectivity index (χ4v) is 6.65. The number of carbonyl (C=O) groups excluding carboxylic acids is 1. The second kappa shape index (κ2) is 7.54. The van der Waals surface area contributed by atoms with Crippen LogP contribution in [0.1, 0.15) is 29.6 Å². The summed E-state index contributed by atoms with van der Waals surface area (Å²) < 4.78 is 35.0. The van der Waals surface area contributed by atoms with Crippen LogP contribution in [-0.2, 0) is 21.5 Å². The van der Waals surface area contributed by atoms with E-state index in [2.05, 4.69) is 0 Å². The lowest BCUT2D eigenvalue weighted by molar-refractivity contribution is 0.0367. The molecule has 2 N–H and O–H groups in total. The lowest BCUT2D eigenvalue weighted by Crippen LogP contribution is -2.44. The summed E-state index contributed by atoms with van der Waals surface area (Å²) in [4.78, 5) is 25.3. The van der Waals surface area contributed by atoms with Gasteiger partial charge in [-0.3, -0.25) is 9.36 Å². The number of hydrogen-bond acceptors (Lipinski definition) is 6. The number of benzene rings is 2. The molecule has 1 spiro atoms. The minimum atomic E-state index is -3.81. The van der Waals surface area contributed by atoms with Gasteiger partial charge in [0.15, 0.2) is 6.73 Å². The molecule has 0 unspecified atom stereocenters. The fraction of sp³-hybridized carbons (Fsp3) is 0.304. The Labute approximate surface area is 185 Å². The largest absolute Gasteiger partial charge is 0.440 e. The van der Waals surface area contributed by atoms with Gasteiger partial charge in [-0.2, -0.15) is 4.31 Å². The van der Waals surface area contributed by atoms with Gasteiger partial charge in [-0.05, 0) is 49.6 Å². The number of nitrogens with two attached hydrogens (primary N) is 1. The molecule has 32 heavy (non-hydrogen) atoms. The Morgan fingerprint density at radius 2 is 1.81 bits per heavy atom. The lowest BCUT2D eigenvalue weighted by atomic mass is 10.1. The summed E-state index contributed by atoms with van der Waals surface area (Å²) in [5.41, 5.74) is 5.66. The van der Waals surface area contributed by atoms with Crippen LogP contribution in [0.25, 0.3) is 10.8 Å². The zero-order chi connectivity index (χ0) is 22.5. The maximum Gasteiger partial charge on any atom is 0.339 e. The molecule has 2 heterocycles. The molecule has 1 aromatic heterocycles. The van der Waals surface area contributed by atoms with E-state index in [9.17, 15) is 18.0 Å². The summed E-state index contributed by atoms with van der Waals surface area (Å²) in [6, 6.07) is 14.6. The second-order valence-corrected chi connectivity index (χ2v) is 10.1. The van der Waals surface area contributed by atoms with E-state index >= 15 is 0 Å². The maximum atomic E-state index is 13.5. The van der Waals surface area contributed by atoms with Gasteiger partial charge in [0.2, 0.25) is 10.0 Å². The maximum absolute atomic E-state index is 13.5. The Hall–Kier alpha value is -3.01. The highest BCUT2D eigenvalue weighted by Gasteiger charge is 2.60. The van der Waals surface area contributed by atoms with E-state index in [0.717, 1.165) is 12.8 Å². The molecule has 2 aromatic carbocycles. The standard InChI is InChI=1S/C23H23N3O5S/c24-20-10-14-26(23(20)11-12-23)32(29,30)19-8-4-7-18-17(19)9-13-25(21(18)27)15-31-22(28)16-5-2-1-3-6-16/h1-9,13,20H,10-12,14-15,24H2/t20-/m0/s1. The van der Waals surface area contributed by atoms with Crippen LogP contribution >= 0.6 is 0 Å². The summed E-state index contributed by atoms with van der Waals surface area (Å²) in [5.74, 6) is -0.547. The van der Waals surface area contributed by atoms with Crippen molar-refractivity contribution >= 4 is 26.8 Å². The molecule has 9 heteroatoms. The van der Waals surface area contributed by atoms with Gasteiger partial charge >= 0.3 is 5.97 Å². The molecule has 166 valence electrons. The molecule has 8 nitrogen and oxygen atoms in total. The van der Waals surface area contributed by atoms with Gasteiger partial charge in [0.25, 0.3) is 5.56 Å². The van der Waals surface area contributed by atoms with Crippen molar-refractivity contribution in [2.24, 2.45) is 5.73 Å². The van der Waals surface area contributed by atoms with Gasteiger partial charge in [0.1, 0.15) is 0 Å². The zero-order valence-corrected chi connectivity index (χ0v) is 18.1. The van der Waals surface area contributed by atoms with Crippen LogP contribution in [0.5, 0.6) is 0 Å². The normalized spacial score (nSPS) is 20.0. The van der Waals surface area contributed by atoms with Gasteiger partial charge in [0.05, 0.1) is 16.0 Å². The molecule has 1 aliphatic carbocycles. The lowest BCUT2D eigenvalue weighted by Gasteiger charge is -2.26. The third kappa shape index (κ3) is 3.24. The number of esters is 1. The Bertz CT molecular complexity index is 1360. The molecule has 3 aromatic rings. The van der Waals surface area contributed by atoms with Crippen molar-refractivity contribution in [1.29, 1.82) is 0 Å². The predicted octanol–water partition coefficient (Wildman–Crippen LogP) is 2.07. The highest BCUT2D eigenvalue weighted by molar-refractivity contribution is 7.89. The molecular weight excluding hydrogens is 430 g/mol. The van der Waals surface area contributed by atoms with Crippen LogP contribution in [0.4, 0.5) is 0 Å². The van der Waals surface area contributed by atoms with Crippen molar-refractivity contribution in [2.75, 3.05) is 6.54 Å². The van der Waals surface area contributed by atoms with Crippen LogP contribution in [0.3, 0.4) is 0 Å². The van der Waals surface area contributed by atoms with E-state index in [0.29, 0.717) is 23.9 Å². The highest BCUT2D eigenvalue weighted by atomic mass is 32.2. The quantitative estimate of drug-likeness (QED) is 0.592. The van der Waals surface area contributed by atoms with Crippen LogP contribution in [-0.4, -0.2) is 41.4 Å². The van der Waals surface area contributed by atoms with Crippen LogP contribution < -0.4 is 11.3 Å². The molecule has 0 amide bonds. The summed E-state index contributed by atoms with van der Waals surface area (Å²) in [7, 11) is -3.81. The first kappa shape index (κ1) is 20.9. The van der Waals surface area contributed by atoms with E-state index in [1.807, 2.05) is 0 Å². The number of carbonyl (C=O) groups is 1. The monoisotopic (exact) mass is 453 g/mol. The Kier molecular flexibility index (Phi) is 4.92. The van der Waals surface area contributed by atoms with Crippen molar-refractivity contribution in [3.8, 4) is 0 Å². The zero-order valence-electron chi connectivity index (χ0n) is 17.3. The molecule has 2 aliphatic rings. The molecule has 1 saturated carbocycles. The molecule has 0 radical (unpaired) electrons. The Morgan fingerprint density at radius 3 is 2.53 bits per heavy atom. The van der Waals surface area contributed by atoms with Gasteiger partial charge in [-0.15, -0.1) is 0 Å². The number of pyridine rings is 1. The number of aromatic nitrogens is 1. The third-order valence-corrected chi connectivity index (χ3v) is 8.52.